The van der Waals surface area contributed by atoms with Crippen molar-refractivity contribution in [2.45, 2.75) is 90.1 Å². The molecule has 1 saturated heterocycles. The Morgan fingerprint density at radius 3 is 1.52 bits per heavy atom. The Labute approximate surface area is 272 Å². The molecule has 1 fully saturated rings. The summed E-state index contributed by atoms with van der Waals surface area (Å²) >= 11 is 0. The Morgan fingerprint density at radius 2 is 1.14 bits per heavy atom. The summed E-state index contributed by atoms with van der Waals surface area (Å²) in [5, 5.41) is 5.43. The van der Waals surface area contributed by atoms with Crippen LogP contribution in [0.1, 0.15) is 100 Å². The summed E-state index contributed by atoms with van der Waals surface area (Å²) in [6, 6.07) is 30.1. The molecule has 42 heavy (non-hydrogen) atoms. The van der Waals surface area contributed by atoms with E-state index in [1.165, 1.54) is 102 Å². The molecule has 2 radical (unpaired) electrons. The van der Waals surface area contributed by atoms with E-state index >= 15 is 0 Å². The van der Waals surface area contributed by atoms with E-state index in [1.54, 1.807) is 5.92 Å². The van der Waals surface area contributed by atoms with E-state index in [2.05, 4.69) is 120 Å². The van der Waals surface area contributed by atoms with Gasteiger partial charge in [0.15, 0.2) is 0 Å². The maximum atomic E-state index is 3.60. The molecule has 0 N–H and O–H groups in total. The number of hydrogen-bond donors (Lipinski definition) is 0. The standard InChI is InChI=1S/C32H29.C4H8Si.C4H9.Ti/c1-4-9-28(31-20(2)18-29-24-12-7-5-10-22(24)14-16-26(29)31)32-21(3)19-30-25-13-8-6-11-23(25)15-17-27(30)32;1-2-4-5-3-1;1-3-4-2;/h5-8,10-19,31-32H,4,9H2,1-3H3;1-4H2;1,3-4H2,2H3;/q-1;;-1;+2. The summed E-state index contributed by atoms with van der Waals surface area (Å²) in [7, 11) is 1.31. The third kappa shape index (κ3) is 6.80. The van der Waals surface area contributed by atoms with Crippen molar-refractivity contribution >= 4 is 43.2 Å². The van der Waals surface area contributed by atoms with Crippen molar-refractivity contribution in [3.8, 4) is 0 Å². The molecule has 0 spiro atoms. The fourth-order valence-electron chi connectivity index (χ4n) is 6.92. The Balaban J connectivity index is 0.000000352. The van der Waals surface area contributed by atoms with Crippen LogP contribution < -0.4 is 0 Å². The van der Waals surface area contributed by atoms with Gasteiger partial charge in [-0.05, 0) is 46.5 Å². The van der Waals surface area contributed by atoms with Gasteiger partial charge in [0.2, 0.25) is 0 Å². The molecule has 1 heterocycles. The third-order valence-corrected chi connectivity index (χ3v) is 10.3. The van der Waals surface area contributed by atoms with Crippen LogP contribution in [0.5, 0.6) is 0 Å². The molecule has 2 atom stereocenters. The molecule has 0 nitrogen and oxygen atoms in total. The minimum absolute atomic E-state index is 0. The van der Waals surface area contributed by atoms with Crippen LogP contribution in [0.15, 0.2) is 83.9 Å². The average Bonchev–Trinajstić information content (AvgIpc) is 3.76. The summed E-state index contributed by atoms with van der Waals surface area (Å²) in [6.45, 7) is 12.7. The van der Waals surface area contributed by atoms with Crippen molar-refractivity contribution in [3.63, 3.8) is 0 Å². The summed E-state index contributed by atoms with van der Waals surface area (Å²) in [6.07, 6.45) is 12.5. The van der Waals surface area contributed by atoms with Gasteiger partial charge in [-0.25, -0.2) is 0 Å². The first kappa shape index (κ1) is 32.7. The van der Waals surface area contributed by atoms with Crippen molar-refractivity contribution in [1.29, 1.82) is 0 Å². The Morgan fingerprint density at radius 1 is 0.690 bits per heavy atom. The molecular weight excluding hydrogens is 556 g/mol. The Kier molecular flexibility index (Phi) is 12.1. The maximum absolute atomic E-state index is 3.60. The van der Waals surface area contributed by atoms with Crippen molar-refractivity contribution in [3.05, 3.63) is 119 Å². The molecule has 3 aliphatic rings. The molecule has 0 bridgehead atoms. The number of benzene rings is 4. The fraction of sp³-hybridized carbons (Fsp3) is 0.350. The summed E-state index contributed by atoms with van der Waals surface area (Å²) in [5.74, 6) is 2.47. The van der Waals surface area contributed by atoms with Crippen LogP contribution in [-0.4, -0.2) is 9.52 Å². The first-order valence-electron chi connectivity index (χ1n) is 15.8. The van der Waals surface area contributed by atoms with Gasteiger partial charge in [-0.3, -0.25) is 5.92 Å². The molecule has 7 rings (SSSR count). The molecule has 1 aliphatic heterocycles. The second-order valence-corrected chi connectivity index (χ2v) is 13.4. The fourth-order valence-corrected chi connectivity index (χ4v) is 8.17. The summed E-state index contributed by atoms with van der Waals surface area (Å²) in [5.41, 5.74) is 8.82. The molecule has 0 amide bonds. The number of allylic oxidation sites excluding steroid dienone is 2. The average molecular weight is 603 g/mol. The SMILES string of the molecule is C1CC[Si]C1.CCC[C-](C1C(C)=Cc2c1ccc1ccccc21)C1C(C)=Cc2c1ccc1ccccc21.[CH2-]CCC.[Ti+2]. The van der Waals surface area contributed by atoms with Crippen LogP contribution in [0.3, 0.4) is 0 Å². The van der Waals surface area contributed by atoms with E-state index in [-0.39, 0.29) is 21.7 Å². The predicted molar refractivity (Wildman–Crippen MR) is 184 cm³/mol. The third-order valence-electron chi connectivity index (χ3n) is 8.88. The van der Waals surface area contributed by atoms with Crippen molar-refractivity contribution in [2.75, 3.05) is 0 Å². The van der Waals surface area contributed by atoms with Gasteiger partial charge in [0, 0.05) is 9.52 Å². The number of hydrogen-bond acceptors (Lipinski definition) is 0. The molecular formula is C40H46SiTi. The van der Waals surface area contributed by atoms with E-state index in [4.69, 9.17) is 0 Å². The van der Waals surface area contributed by atoms with Gasteiger partial charge < -0.3 is 6.92 Å². The zero-order valence-corrected chi connectivity index (χ0v) is 28.7. The van der Waals surface area contributed by atoms with Crippen molar-refractivity contribution in [2.24, 2.45) is 0 Å². The van der Waals surface area contributed by atoms with E-state index in [9.17, 15) is 0 Å². The van der Waals surface area contributed by atoms with Gasteiger partial charge in [-0.1, -0.05) is 159 Å². The Hall–Kier alpha value is -2.19. The first-order valence-corrected chi connectivity index (χ1v) is 17.3. The Bertz CT molecular complexity index is 1420. The normalized spacial score (nSPS) is 18.3. The smallest absolute Gasteiger partial charge is 0.343 e. The van der Waals surface area contributed by atoms with Crippen molar-refractivity contribution < 1.29 is 21.7 Å². The van der Waals surface area contributed by atoms with Crippen molar-refractivity contribution in [1.82, 2.24) is 0 Å². The van der Waals surface area contributed by atoms with Gasteiger partial charge in [-0.15, -0.1) is 11.8 Å². The summed E-state index contributed by atoms with van der Waals surface area (Å²) in [4.78, 5) is 0. The first-order chi connectivity index (χ1) is 20.1. The summed E-state index contributed by atoms with van der Waals surface area (Å²) < 4.78 is 0. The quantitative estimate of drug-likeness (QED) is 0.157. The van der Waals surface area contributed by atoms with E-state index in [0.717, 1.165) is 12.8 Å². The zero-order chi connectivity index (χ0) is 28.8. The molecule has 0 saturated carbocycles. The van der Waals surface area contributed by atoms with Gasteiger partial charge in [0.1, 0.15) is 0 Å². The van der Waals surface area contributed by atoms with Gasteiger partial charge in [-0.2, -0.15) is 12.8 Å². The molecule has 0 aromatic heterocycles. The molecule has 4 aromatic rings. The minimum Gasteiger partial charge on any atom is -0.343 e. The van der Waals surface area contributed by atoms with E-state index in [0.29, 0.717) is 11.8 Å². The number of fused-ring (bicyclic) bond motifs is 6. The second-order valence-electron chi connectivity index (χ2n) is 11.9. The van der Waals surface area contributed by atoms with Crippen LogP contribution in [0.25, 0.3) is 33.7 Å². The molecule has 2 unspecified atom stereocenters. The van der Waals surface area contributed by atoms with Crippen LogP contribution in [-0.2, 0) is 21.7 Å². The molecule has 4 aromatic carbocycles. The largest absolute Gasteiger partial charge is 2.00 e. The molecule has 214 valence electrons. The molecule has 2 heteroatoms. The van der Waals surface area contributed by atoms with Crippen LogP contribution in [0, 0.1) is 12.8 Å². The minimum atomic E-state index is 0. The van der Waals surface area contributed by atoms with Gasteiger partial charge in [0.25, 0.3) is 0 Å². The zero-order valence-electron chi connectivity index (χ0n) is 26.1. The maximum Gasteiger partial charge on any atom is 2.00 e. The van der Waals surface area contributed by atoms with Crippen LogP contribution in [0.4, 0.5) is 0 Å². The number of unbranched alkanes of at least 4 members (excludes halogenated alkanes) is 1. The predicted octanol–water partition coefficient (Wildman–Crippen LogP) is 12.0. The number of rotatable bonds is 5. The monoisotopic (exact) mass is 602 g/mol. The van der Waals surface area contributed by atoms with E-state index in [1.807, 2.05) is 0 Å². The van der Waals surface area contributed by atoms with Crippen LogP contribution >= 0.6 is 0 Å². The van der Waals surface area contributed by atoms with Gasteiger partial charge >= 0.3 is 21.7 Å². The molecule has 2 aliphatic carbocycles. The van der Waals surface area contributed by atoms with E-state index < -0.39 is 0 Å². The topological polar surface area (TPSA) is 0 Å². The van der Waals surface area contributed by atoms with Crippen LogP contribution in [0.2, 0.25) is 12.1 Å². The second kappa shape index (κ2) is 15.5. The van der Waals surface area contributed by atoms with Gasteiger partial charge in [0.05, 0.1) is 0 Å².